The van der Waals surface area contributed by atoms with Gasteiger partial charge in [-0.15, -0.1) is 0 Å². The first-order valence-electron chi connectivity index (χ1n) is 9.08. The molecule has 25 heavy (non-hydrogen) atoms. The topological polar surface area (TPSA) is 72.9 Å². The Hall–Kier alpha value is -1.92. The van der Waals surface area contributed by atoms with Gasteiger partial charge in [0.25, 0.3) is 0 Å². The van der Waals surface area contributed by atoms with Gasteiger partial charge < -0.3 is 15.3 Å². The molecule has 0 radical (unpaired) electrons. The van der Waals surface area contributed by atoms with Gasteiger partial charge in [0.05, 0.1) is 6.04 Å². The van der Waals surface area contributed by atoms with Gasteiger partial charge in [0, 0.05) is 25.2 Å². The van der Waals surface area contributed by atoms with Crippen molar-refractivity contribution < 1.29 is 14.7 Å². The number of rotatable bonds is 5. The summed E-state index contributed by atoms with van der Waals surface area (Å²) in [6, 6.07) is 10.5. The van der Waals surface area contributed by atoms with Crippen LogP contribution in [0.1, 0.15) is 37.3 Å². The van der Waals surface area contributed by atoms with E-state index in [-0.39, 0.29) is 30.6 Å². The molecule has 3 atom stereocenters. The number of carboxylic acid groups (broad SMARTS) is 1. The van der Waals surface area contributed by atoms with Crippen molar-refractivity contribution in [2.24, 2.45) is 0 Å². The highest BCUT2D eigenvalue weighted by molar-refractivity contribution is 5.85. The summed E-state index contributed by atoms with van der Waals surface area (Å²) in [5, 5.41) is 12.6. The highest BCUT2D eigenvalue weighted by atomic mass is 16.4. The molecule has 3 rings (SSSR count). The monoisotopic (exact) mass is 345 g/mol. The van der Waals surface area contributed by atoms with Crippen LogP contribution in [0, 0.1) is 0 Å². The first-order chi connectivity index (χ1) is 12.1. The lowest BCUT2D eigenvalue weighted by Crippen LogP contribution is -2.51. The normalized spacial score (nSPS) is 28.1. The molecule has 6 heteroatoms. The van der Waals surface area contributed by atoms with E-state index in [9.17, 15) is 9.59 Å². The van der Waals surface area contributed by atoms with Crippen LogP contribution in [-0.4, -0.2) is 65.5 Å². The second-order valence-electron chi connectivity index (χ2n) is 7.10. The average Bonchev–Trinajstić information content (AvgIpc) is 2.87. The van der Waals surface area contributed by atoms with Crippen molar-refractivity contribution in [1.29, 1.82) is 0 Å². The molecule has 0 bridgehead atoms. The SMILES string of the molecule is CN1CCC(NC2CCCCN(CC(=O)O)C2=O)C1c1ccccc1. The molecule has 2 fully saturated rings. The molecule has 136 valence electrons. The smallest absolute Gasteiger partial charge is 0.323 e. The first kappa shape index (κ1) is 17.9. The maximum atomic E-state index is 12.8. The molecule has 2 aliphatic rings. The van der Waals surface area contributed by atoms with Gasteiger partial charge in [-0.3, -0.25) is 14.5 Å². The Morgan fingerprint density at radius 1 is 1.20 bits per heavy atom. The standard InChI is InChI=1S/C19H27N3O3/c1-21-12-10-15(18(21)14-7-3-2-4-8-14)20-16-9-5-6-11-22(19(16)25)13-17(23)24/h2-4,7-8,15-16,18,20H,5-6,9-13H2,1H3,(H,23,24). The predicted molar refractivity (Wildman–Crippen MR) is 95.2 cm³/mol. The molecule has 6 nitrogen and oxygen atoms in total. The molecule has 2 aliphatic heterocycles. The van der Waals surface area contributed by atoms with Crippen molar-refractivity contribution in [3.63, 3.8) is 0 Å². The molecule has 0 spiro atoms. The fraction of sp³-hybridized carbons (Fsp3) is 0.579. The average molecular weight is 345 g/mol. The van der Waals surface area contributed by atoms with Crippen LogP contribution < -0.4 is 5.32 Å². The van der Waals surface area contributed by atoms with E-state index in [1.165, 1.54) is 10.5 Å². The maximum absolute atomic E-state index is 12.8. The second kappa shape index (κ2) is 7.97. The molecule has 1 aromatic rings. The van der Waals surface area contributed by atoms with Crippen LogP contribution in [0.15, 0.2) is 30.3 Å². The van der Waals surface area contributed by atoms with Crippen molar-refractivity contribution in [2.45, 2.75) is 43.8 Å². The van der Waals surface area contributed by atoms with Crippen molar-refractivity contribution in [2.75, 3.05) is 26.7 Å². The van der Waals surface area contributed by atoms with Crippen LogP contribution >= 0.6 is 0 Å². The van der Waals surface area contributed by atoms with Gasteiger partial charge in [-0.2, -0.15) is 0 Å². The summed E-state index contributed by atoms with van der Waals surface area (Å²) in [4.78, 5) is 27.6. The quantitative estimate of drug-likeness (QED) is 0.846. The summed E-state index contributed by atoms with van der Waals surface area (Å²) in [6.45, 7) is 1.32. The van der Waals surface area contributed by atoms with Gasteiger partial charge >= 0.3 is 5.97 Å². The number of hydrogen-bond acceptors (Lipinski definition) is 4. The summed E-state index contributed by atoms with van der Waals surface area (Å²) in [5.41, 5.74) is 1.25. The number of carbonyl (C=O) groups excluding carboxylic acids is 1. The fourth-order valence-electron chi connectivity index (χ4n) is 4.10. The van der Waals surface area contributed by atoms with Gasteiger partial charge in [0.1, 0.15) is 6.54 Å². The Balaban J connectivity index is 1.73. The lowest BCUT2D eigenvalue weighted by molar-refractivity contribution is -0.145. The zero-order valence-electron chi connectivity index (χ0n) is 14.7. The van der Waals surface area contributed by atoms with Crippen molar-refractivity contribution in [3.05, 3.63) is 35.9 Å². The zero-order valence-corrected chi connectivity index (χ0v) is 14.7. The third-order valence-corrected chi connectivity index (χ3v) is 5.31. The minimum atomic E-state index is -0.947. The van der Waals surface area contributed by atoms with E-state index in [1.54, 1.807) is 0 Å². The summed E-state index contributed by atoms with van der Waals surface area (Å²) in [7, 11) is 2.12. The van der Waals surface area contributed by atoms with Crippen LogP contribution in [0.2, 0.25) is 0 Å². The lowest BCUT2D eigenvalue weighted by atomic mass is 9.98. The number of likely N-dealkylation sites (tertiary alicyclic amines) is 2. The molecule has 0 aliphatic carbocycles. The van der Waals surface area contributed by atoms with Crippen molar-refractivity contribution in [3.8, 4) is 0 Å². The number of amides is 1. The first-order valence-corrected chi connectivity index (χ1v) is 9.08. The van der Waals surface area contributed by atoms with Crippen molar-refractivity contribution >= 4 is 11.9 Å². The number of likely N-dealkylation sites (N-methyl/N-ethyl adjacent to an activating group) is 1. The zero-order chi connectivity index (χ0) is 17.8. The minimum absolute atomic E-state index is 0.0683. The second-order valence-corrected chi connectivity index (χ2v) is 7.10. The Kier molecular flexibility index (Phi) is 5.71. The highest BCUT2D eigenvalue weighted by Gasteiger charge is 2.37. The predicted octanol–water partition coefficient (Wildman–Crippen LogP) is 1.49. The van der Waals surface area contributed by atoms with Gasteiger partial charge in [-0.25, -0.2) is 0 Å². The number of hydrogen-bond donors (Lipinski definition) is 2. The molecule has 0 saturated carbocycles. The molecular weight excluding hydrogens is 318 g/mol. The molecule has 1 amide bonds. The number of nitrogens with zero attached hydrogens (tertiary/aromatic N) is 2. The summed E-state index contributed by atoms with van der Waals surface area (Å²) < 4.78 is 0. The molecule has 2 heterocycles. The van der Waals surface area contributed by atoms with Crippen LogP contribution in [0.3, 0.4) is 0 Å². The van der Waals surface area contributed by atoms with E-state index < -0.39 is 5.97 Å². The molecular formula is C19H27N3O3. The summed E-state index contributed by atoms with van der Waals surface area (Å²) in [6.07, 6.45) is 3.57. The Morgan fingerprint density at radius 2 is 1.96 bits per heavy atom. The van der Waals surface area contributed by atoms with Gasteiger partial charge in [0.15, 0.2) is 0 Å². The number of nitrogens with one attached hydrogen (secondary N) is 1. The minimum Gasteiger partial charge on any atom is -0.480 e. The van der Waals surface area contributed by atoms with Gasteiger partial charge in [-0.1, -0.05) is 30.3 Å². The Labute approximate surface area is 148 Å². The van der Waals surface area contributed by atoms with E-state index in [0.717, 1.165) is 32.2 Å². The van der Waals surface area contributed by atoms with Crippen LogP contribution in [0.5, 0.6) is 0 Å². The molecule has 1 aromatic carbocycles. The third kappa shape index (κ3) is 4.19. The Morgan fingerprint density at radius 3 is 2.68 bits per heavy atom. The van der Waals surface area contributed by atoms with Crippen LogP contribution in [0.25, 0.3) is 0 Å². The summed E-state index contributed by atoms with van der Waals surface area (Å²) >= 11 is 0. The molecule has 2 N–H and O–H groups in total. The number of benzene rings is 1. The van der Waals surface area contributed by atoms with E-state index in [2.05, 4.69) is 29.4 Å². The number of aliphatic carboxylic acids is 1. The maximum Gasteiger partial charge on any atom is 0.323 e. The van der Waals surface area contributed by atoms with E-state index in [4.69, 9.17) is 5.11 Å². The van der Waals surface area contributed by atoms with Gasteiger partial charge in [0.2, 0.25) is 5.91 Å². The number of carboxylic acids is 1. The van der Waals surface area contributed by atoms with Crippen LogP contribution in [-0.2, 0) is 9.59 Å². The van der Waals surface area contributed by atoms with Crippen LogP contribution in [0.4, 0.5) is 0 Å². The number of carbonyl (C=O) groups is 2. The van der Waals surface area contributed by atoms with E-state index >= 15 is 0 Å². The lowest BCUT2D eigenvalue weighted by Gasteiger charge is -2.30. The molecule has 2 saturated heterocycles. The molecule has 0 aromatic heterocycles. The van der Waals surface area contributed by atoms with E-state index in [1.807, 2.05) is 18.2 Å². The molecule has 3 unspecified atom stereocenters. The largest absolute Gasteiger partial charge is 0.480 e. The highest BCUT2D eigenvalue weighted by Crippen LogP contribution is 2.31. The fourth-order valence-corrected chi connectivity index (χ4v) is 4.10. The van der Waals surface area contributed by atoms with E-state index in [0.29, 0.717) is 6.54 Å². The third-order valence-electron chi connectivity index (χ3n) is 5.31. The summed E-state index contributed by atoms with van der Waals surface area (Å²) in [5.74, 6) is -1.02. The van der Waals surface area contributed by atoms with Crippen molar-refractivity contribution in [1.82, 2.24) is 15.1 Å². The Bertz CT molecular complexity index is 607. The van der Waals surface area contributed by atoms with Gasteiger partial charge in [-0.05, 0) is 38.3 Å².